The van der Waals surface area contributed by atoms with E-state index in [1.807, 2.05) is 63.2 Å². The maximum absolute atomic E-state index is 12.3. The van der Waals surface area contributed by atoms with Gasteiger partial charge in [0.2, 0.25) is 5.91 Å². The summed E-state index contributed by atoms with van der Waals surface area (Å²) in [5.74, 6) is 0.0364. The van der Waals surface area contributed by atoms with Gasteiger partial charge >= 0.3 is 0 Å². The minimum Gasteiger partial charge on any atom is -0.508 e. The molecule has 0 aliphatic heterocycles. The van der Waals surface area contributed by atoms with Crippen molar-refractivity contribution in [3.05, 3.63) is 65.7 Å². The van der Waals surface area contributed by atoms with Gasteiger partial charge in [0.05, 0.1) is 0 Å². The van der Waals surface area contributed by atoms with Gasteiger partial charge in [-0.3, -0.25) is 4.79 Å². The van der Waals surface area contributed by atoms with E-state index in [0.717, 1.165) is 11.1 Å². The Morgan fingerprint density at radius 2 is 1.64 bits per heavy atom. The van der Waals surface area contributed by atoms with Crippen molar-refractivity contribution in [2.45, 2.75) is 38.6 Å². The topological polar surface area (TPSA) is 49.3 Å². The number of amides is 1. The first-order valence-electron chi connectivity index (χ1n) is 7.50. The molecule has 0 fully saturated rings. The number of phenols is 1. The first kappa shape index (κ1) is 16.1. The lowest BCUT2D eigenvalue weighted by atomic mass is 9.87. The molecule has 1 atom stereocenters. The van der Waals surface area contributed by atoms with Gasteiger partial charge in [0.25, 0.3) is 0 Å². The zero-order valence-corrected chi connectivity index (χ0v) is 13.3. The number of para-hydroxylation sites is 1. The maximum atomic E-state index is 12.3. The van der Waals surface area contributed by atoms with Gasteiger partial charge < -0.3 is 10.4 Å². The Morgan fingerprint density at radius 3 is 2.23 bits per heavy atom. The number of carbonyl (C=O) groups is 1. The molecule has 2 aromatic carbocycles. The highest BCUT2D eigenvalue weighted by Gasteiger charge is 2.23. The fourth-order valence-corrected chi connectivity index (χ4v) is 2.53. The van der Waals surface area contributed by atoms with Crippen LogP contribution in [0.25, 0.3) is 0 Å². The second-order valence-corrected chi connectivity index (χ2v) is 6.52. The molecular formula is C19H23NO2. The molecule has 2 aromatic rings. The first-order valence-corrected chi connectivity index (χ1v) is 7.50. The molecule has 0 bridgehead atoms. The van der Waals surface area contributed by atoms with Crippen LogP contribution in [0.2, 0.25) is 0 Å². The van der Waals surface area contributed by atoms with Gasteiger partial charge in [-0.15, -0.1) is 0 Å². The largest absolute Gasteiger partial charge is 0.508 e. The summed E-state index contributed by atoms with van der Waals surface area (Å²) in [6.45, 7) is 5.88. The SMILES string of the molecule is CC(C)(C)NC(=O)C[C@H](c1ccccc1)c1ccccc1O. The third kappa shape index (κ3) is 4.35. The zero-order valence-electron chi connectivity index (χ0n) is 13.3. The minimum atomic E-state index is -0.267. The molecule has 0 unspecified atom stereocenters. The van der Waals surface area contributed by atoms with Crippen LogP contribution >= 0.6 is 0 Å². The molecule has 0 heterocycles. The predicted molar refractivity (Wildman–Crippen MR) is 88.9 cm³/mol. The van der Waals surface area contributed by atoms with Crippen molar-refractivity contribution in [3.8, 4) is 5.75 Å². The molecule has 0 saturated heterocycles. The van der Waals surface area contributed by atoms with Crippen molar-refractivity contribution >= 4 is 5.91 Å². The molecular weight excluding hydrogens is 274 g/mol. The summed E-state index contributed by atoms with van der Waals surface area (Å²) in [6.07, 6.45) is 0.304. The lowest BCUT2D eigenvalue weighted by molar-refractivity contribution is -0.122. The third-order valence-electron chi connectivity index (χ3n) is 3.42. The van der Waals surface area contributed by atoms with Crippen LogP contribution in [0, 0.1) is 0 Å². The second-order valence-electron chi connectivity index (χ2n) is 6.52. The van der Waals surface area contributed by atoms with Gasteiger partial charge in [-0.05, 0) is 32.4 Å². The van der Waals surface area contributed by atoms with Crippen LogP contribution in [0.3, 0.4) is 0 Å². The number of hydrogen-bond donors (Lipinski definition) is 2. The molecule has 0 aromatic heterocycles. The van der Waals surface area contributed by atoms with Crippen molar-refractivity contribution in [2.75, 3.05) is 0 Å². The Hall–Kier alpha value is -2.29. The van der Waals surface area contributed by atoms with E-state index in [1.165, 1.54) is 0 Å². The first-order chi connectivity index (χ1) is 10.4. The normalized spacial score (nSPS) is 12.7. The molecule has 22 heavy (non-hydrogen) atoms. The number of benzene rings is 2. The van der Waals surface area contributed by atoms with Crippen LogP contribution in [0.15, 0.2) is 54.6 Å². The van der Waals surface area contributed by atoms with Gasteiger partial charge in [0, 0.05) is 23.4 Å². The van der Waals surface area contributed by atoms with Crippen LogP contribution in [0.1, 0.15) is 44.2 Å². The molecule has 3 nitrogen and oxygen atoms in total. The smallest absolute Gasteiger partial charge is 0.221 e. The Balaban J connectivity index is 2.31. The van der Waals surface area contributed by atoms with Crippen LogP contribution in [0.5, 0.6) is 5.75 Å². The van der Waals surface area contributed by atoms with E-state index in [-0.39, 0.29) is 23.1 Å². The van der Waals surface area contributed by atoms with Gasteiger partial charge in [0.15, 0.2) is 0 Å². The molecule has 0 aliphatic carbocycles. The van der Waals surface area contributed by atoms with Crippen molar-refractivity contribution < 1.29 is 9.90 Å². The summed E-state index contributed by atoms with van der Waals surface area (Å²) in [6, 6.07) is 17.0. The summed E-state index contributed by atoms with van der Waals surface area (Å²) in [5.41, 5.74) is 1.53. The van der Waals surface area contributed by atoms with Crippen LogP contribution in [-0.4, -0.2) is 16.6 Å². The molecule has 0 saturated carbocycles. The van der Waals surface area contributed by atoms with E-state index in [1.54, 1.807) is 12.1 Å². The van der Waals surface area contributed by atoms with Gasteiger partial charge in [0.1, 0.15) is 5.75 Å². The third-order valence-corrected chi connectivity index (χ3v) is 3.42. The van der Waals surface area contributed by atoms with Crippen LogP contribution in [-0.2, 0) is 4.79 Å². The summed E-state index contributed by atoms with van der Waals surface area (Å²) in [7, 11) is 0. The number of phenolic OH excluding ortho intramolecular Hbond substituents is 1. The predicted octanol–water partition coefficient (Wildman–Crippen LogP) is 3.83. The van der Waals surface area contributed by atoms with Crippen molar-refractivity contribution in [1.82, 2.24) is 5.32 Å². The zero-order chi connectivity index (χ0) is 16.2. The van der Waals surface area contributed by atoms with Crippen LogP contribution in [0.4, 0.5) is 0 Å². The summed E-state index contributed by atoms with van der Waals surface area (Å²) >= 11 is 0. The Kier molecular flexibility index (Phi) is 4.86. The summed E-state index contributed by atoms with van der Waals surface area (Å²) in [5, 5.41) is 13.1. The minimum absolute atomic E-state index is 0.0235. The average molecular weight is 297 g/mol. The van der Waals surface area contributed by atoms with E-state index in [2.05, 4.69) is 5.32 Å². The molecule has 2 rings (SSSR count). The number of nitrogens with one attached hydrogen (secondary N) is 1. The highest BCUT2D eigenvalue weighted by Crippen LogP contribution is 2.33. The van der Waals surface area contributed by atoms with E-state index in [4.69, 9.17) is 0 Å². The number of aromatic hydroxyl groups is 1. The maximum Gasteiger partial charge on any atom is 0.221 e. The quantitative estimate of drug-likeness (QED) is 0.901. The molecule has 116 valence electrons. The Labute approximate surface area is 132 Å². The van der Waals surface area contributed by atoms with Crippen LogP contribution < -0.4 is 5.32 Å². The lowest BCUT2D eigenvalue weighted by Crippen LogP contribution is -2.41. The molecule has 0 spiro atoms. The van der Waals surface area contributed by atoms with Gasteiger partial charge in [-0.1, -0.05) is 48.5 Å². The highest BCUT2D eigenvalue weighted by atomic mass is 16.3. The van der Waals surface area contributed by atoms with Crippen molar-refractivity contribution in [3.63, 3.8) is 0 Å². The summed E-state index contributed by atoms with van der Waals surface area (Å²) in [4.78, 5) is 12.3. The number of rotatable bonds is 4. The fourth-order valence-electron chi connectivity index (χ4n) is 2.53. The van der Waals surface area contributed by atoms with Crippen molar-refractivity contribution in [2.24, 2.45) is 0 Å². The Bertz CT molecular complexity index is 629. The monoisotopic (exact) mass is 297 g/mol. The molecule has 1 amide bonds. The summed E-state index contributed by atoms with van der Waals surface area (Å²) < 4.78 is 0. The number of hydrogen-bond acceptors (Lipinski definition) is 2. The average Bonchev–Trinajstić information content (AvgIpc) is 2.45. The van der Waals surface area contributed by atoms with E-state index < -0.39 is 0 Å². The van der Waals surface area contributed by atoms with E-state index in [9.17, 15) is 9.90 Å². The molecule has 2 N–H and O–H groups in total. The standard InChI is InChI=1S/C19H23NO2/c1-19(2,3)20-18(22)13-16(14-9-5-4-6-10-14)15-11-7-8-12-17(15)21/h4-12,16,21H,13H2,1-3H3,(H,20,22)/t16-/m1/s1. The van der Waals surface area contributed by atoms with E-state index in [0.29, 0.717) is 6.42 Å². The fraction of sp³-hybridized carbons (Fsp3) is 0.316. The number of carbonyl (C=O) groups excluding carboxylic acids is 1. The molecule has 3 heteroatoms. The lowest BCUT2D eigenvalue weighted by Gasteiger charge is -2.24. The van der Waals surface area contributed by atoms with Gasteiger partial charge in [-0.2, -0.15) is 0 Å². The molecule has 0 radical (unpaired) electrons. The van der Waals surface area contributed by atoms with Crippen molar-refractivity contribution in [1.29, 1.82) is 0 Å². The van der Waals surface area contributed by atoms with E-state index >= 15 is 0 Å². The highest BCUT2D eigenvalue weighted by molar-refractivity contribution is 5.78. The second kappa shape index (κ2) is 6.65. The Morgan fingerprint density at radius 1 is 1.05 bits per heavy atom. The molecule has 0 aliphatic rings. The van der Waals surface area contributed by atoms with Gasteiger partial charge in [-0.25, -0.2) is 0 Å².